The van der Waals surface area contributed by atoms with Crippen LogP contribution in [0.1, 0.15) is 11.1 Å². The fourth-order valence-corrected chi connectivity index (χ4v) is 4.57. The van der Waals surface area contributed by atoms with Gasteiger partial charge in [-0.1, -0.05) is 12.1 Å². The van der Waals surface area contributed by atoms with Gasteiger partial charge in [0.15, 0.2) is 5.75 Å². The summed E-state index contributed by atoms with van der Waals surface area (Å²) in [5.74, 6) is -1.93. The summed E-state index contributed by atoms with van der Waals surface area (Å²) in [6, 6.07) is 15.1. The van der Waals surface area contributed by atoms with E-state index in [1.165, 1.54) is 12.1 Å². The van der Waals surface area contributed by atoms with Crippen molar-refractivity contribution in [2.45, 2.75) is 6.42 Å². The highest BCUT2D eigenvalue weighted by molar-refractivity contribution is 9.11. The molecule has 0 aliphatic carbocycles. The molecule has 1 aromatic heterocycles. The van der Waals surface area contributed by atoms with E-state index in [2.05, 4.69) is 42.2 Å². The molecule has 0 fully saturated rings. The van der Waals surface area contributed by atoms with Gasteiger partial charge in [-0.05, 0) is 91.9 Å². The molecule has 3 N–H and O–H groups in total. The molecule has 0 atom stereocenters. The summed E-state index contributed by atoms with van der Waals surface area (Å²) in [6.45, 7) is 0. The van der Waals surface area contributed by atoms with E-state index in [1.54, 1.807) is 24.3 Å². The number of aromatic amines is 1. The summed E-state index contributed by atoms with van der Waals surface area (Å²) in [5, 5.41) is 12.0. The maximum Gasteiger partial charge on any atom is 0.394 e. The number of aromatic nitrogens is 1. The van der Waals surface area contributed by atoms with Crippen LogP contribution in [0, 0.1) is 5.82 Å². The van der Waals surface area contributed by atoms with Crippen LogP contribution < -0.4 is 10.1 Å². The summed E-state index contributed by atoms with van der Waals surface area (Å²) < 4.78 is 20.3. The minimum atomic E-state index is -1.58. The van der Waals surface area contributed by atoms with Gasteiger partial charge in [0.2, 0.25) is 0 Å². The Bertz CT molecular complexity index is 1310. The summed E-state index contributed by atoms with van der Waals surface area (Å²) in [5.41, 5.74) is 3.27. The smallest absolute Gasteiger partial charge is 0.394 e. The molecule has 0 aliphatic heterocycles. The van der Waals surface area contributed by atoms with E-state index in [-0.39, 0.29) is 5.82 Å². The monoisotopic (exact) mass is 560 g/mol. The van der Waals surface area contributed by atoms with Crippen molar-refractivity contribution in [3.05, 3.63) is 86.7 Å². The SMILES string of the molecule is O=C(O)C(=O)Nc1cc(Br)c(Oc2ccc3[nH]cc(Cc4ccc(F)cc4)c3c2)c(Br)c1. The summed E-state index contributed by atoms with van der Waals surface area (Å²) in [7, 11) is 0. The lowest BCUT2D eigenvalue weighted by Gasteiger charge is -2.12. The van der Waals surface area contributed by atoms with Crippen LogP contribution >= 0.6 is 31.9 Å². The number of hydrogen-bond acceptors (Lipinski definition) is 3. The van der Waals surface area contributed by atoms with Crippen molar-refractivity contribution >= 4 is 60.3 Å². The van der Waals surface area contributed by atoms with Crippen LogP contribution in [0.4, 0.5) is 10.1 Å². The third-order valence-electron chi connectivity index (χ3n) is 4.72. The zero-order chi connectivity index (χ0) is 22.8. The van der Waals surface area contributed by atoms with Crippen molar-refractivity contribution in [2.24, 2.45) is 0 Å². The number of halogens is 3. The Morgan fingerprint density at radius 2 is 1.72 bits per heavy atom. The van der Waals surface area contributed by atoms with Crippen molar-refractivity contribution in [1.82, 2.24) is 4.98 Å². The Kier molecular flexibility index (Phi) is 6.29. The number of ether oxygens (including phenoxy) is 1. The van der Waals surface area contributed by atoms with Crippen molar-refractivity contribution in [2.75, 3.05) is 5.32 Å². The maximum absolute atomic E-state index is 13.2. The first-order chi connectivity index (χ1) is 15.3. The Hall–Kier alpha value is -3.17. The molecule has 6 nitrogen and oxygen atoms in total. The Balaban J connectivity index is 1.60. The number of rotatable bonds is 5. The molecule has 0 bridgehead atoms. The zero-order valence-corrected chi connectivity index (χ0v) is 19.5. The number of nitrogens with one attached hydrogen (secondary N) is 2. The normalized spacial score (nSPS) is 10.8. The molecule has 0 saturated heterocycles. The van der Waals surface area contributed by atoms with Gasteiger partial charge in [0.05, 0.1) is 8.95 Å². The first-order valence-corrected chi connectivity index (χ1v) is 10.9. The molecule has 9 heteroatoms. The molecule has 0 aliphatic rings. The maximum atomic E-state index is 13.2. The third-order valence-corrected chi connectivity index (χ3v) is 5.90. The van der Waals surface area contributed by atoms with Crippen LogP contribution in [-0.2, 0) is 16.0 Å². The molecule has 162 valence electrons. The van der Waals surface area contributed by atoms with Crippen molar-refractivity contribution < 1.29 is 23.8 Å². The number of carboxylic acid groups (broad SMARTS) is 1. The van der Waals surface area contributed by atoms with Gasteiger partial charge >= 0.3 is 11.9 Å². The second-order valence-electron chi connectivity index (χ2n) is 6.95. The lowest BCUT2D eigenvalue weighted by Crippen LogP contribution is -2.21. The molecule has 1 heterocycles. The minimum Gasteiger partial charge on any atom is -0.474 e. The Morgan fingerprint density at radius 1 is 1.03 bits per heavy atom. The first kappa shape index (κ1) is 22.0. The van der Waals surface area contributed by atoms with Crippen LogP contribution in [0.2, 0.25) is 0 Å². The second-order valence-corrected chi connectivity index (χ2v) is 8.66. The fourth-order valence-electron chi connectivity index (χ4n) is 3.22. The number of carbonyl (C=O) groups excluding carboxylic acids is 1. The third kappa shape index (κ3) is 4.84. The molecule has 1 amide bonds. The van der Waals surface area contributed by atoms with Gasteiger partial charge < -0.3 is 20.1 Å². The largest absolute Gasteiger partial charge is 0.474 e. The Labute approximate surface area is 198 Å². The molecule has 0 radical (unpaired) electrons. The minimum absolute atomic E-state index is 0.270. The van der Waals surface area contributed by atoms with E-state index in [4.69, 9.17) is 9.84 Å². The lowest BCUT2D eigenvalue weighted by atomic mass is 10.0. The number of fused-ring (bicyclic) bond motifs is 1. The average Bonchev–Trinajstić information content (AvgIpc) is 3.14. The lowest BCUT2D eigenvalue weighted by molar-refractivity contribution is -0.147. The van der Waals surface area contributed by atoms with E-state index in [9.17, 15) is 14.0 Å². The zero-order valence-electron chi connectivity index (χ0n) is 16.3. The number of carboxylic acids is 1. The number of benzene rings is 3. The molecule has 0 unspecified atom stereocenters. The van der Waals surface area contributed by atoms with Gasteiger partial charge in [-0.15, -0.1) is 0 Å². The molecule has 4 aromatic rings. The molecule has 0 spiro atoms. The van der Waals surface area contributed by atoms with Gasteiger partial charge in [0.1, 0.15) is 11.6 Å². The highest BCUT2D eigenvalue weighted by Crippen LogP contribution is 2.40. The fraction of sp³-hybridized carbons (Fsp3) is 0.0435. The van der Waals surface area contributed by atoms with Gasteiger partial charge in [-0.3, -0.25) is 4.79 Å². The van der Waals surface area contributed by atoms with E-state index >= 15 is 0 Å². The first-order valence-electron chi connectivity index (χ1n) is 9.36. The Morgan fingerprint density at radius 3 is 2.38 bits per heavy atom. The van der Waals surface area contributed by atoms with Crippen LogP contribution in [0.3, 0.4) is 0 Å². The predicted octanol–water partition coefficient (Wildman–Crippen LogP) is 6.24. The van der Waals surface area contributed by atoms with E-state index in [1.807, 2.05) is 24.4 Å². The van der Waals surface area contributed by atoms with E-state index in [0.717, 1.165) is 22.0 Å². The summed E-state index contributed by atoms with van der Waals surface area (Å²) >= 11 is 6.80. The molecule has 4 rings (SSSR count). The highest BCUT2D eigenvalue weighted by Gasteiger charge is 2.16. The number of amides is 1. The number of H-pyrrole nitrogens is 1. The van der Waals surface area contributed by atoms with Crippen molar-refractivity contribution in [3.8, 4) is 11.5 Å². The molecular weight excluding hydrogens is 547 g/mol. The number of anilines is 1. The quantitative estimate of drug-likeness (QED) is 0.252. The number of aliphatic carboxylic acids is 1. The van der Waals surface area contributed by atoms with E-state index < -0.39 is 11.9 Å². The molecule has 0 saturated carbocycles. The molecule has 32 heavy (non-hydrogen) atoms. The molecule has 3 aromatic carbocycles. The predicted molar refractivity (Wildman–Crippen MR) is 126 cm³/mol. The van der Waals surface area contributed by atoms with Crippen molar-refractivity contribution in [1.29, 1.82) is 0 Å². The van der Waals surface area contributed by atoms with Crippen LogP contribution in [0.5, 0.6) is 11.5 Å². The van der Waals surface area contributed by atoms with E-state index in [0.29, 0.717) is 32.6 Å². The summed E-state index contributed by atoms with van der Waals surface area (Å²) in [6.07, 6.45) is 2.55. The van der Waals surface area contributed by atoms with Crippen LogP contribution in [-0.4, -0.2) is 22.0 Å². The standard InChI is InChI=1S/C23H15Br2FN2O4/c24-18-8-15(28-22(29)23(30)31)9-19(25)21(18)32-16-5-6-20-17(10-16)13(11-27-20)7-12-1-3-14(26)4-2-12/h1-6,8-11,27H,7H2,(H,28,29)(H,30,31). The van der Waals surface area contributed by atoms with Gasteiger partial charge in [0.25, 0.3) is 0 Å². The average molecular weight is 562 g/mol. The summed E-state index contributed by atoms with van der Waals surface area (Å²) in [4.78, 5) is 25.4. The number of hydrogen-bond donors (Lipinski definition) is 3. The van der Waals surface area contributed by atoms with Crippen molar-refractivity contribution in [3.63, 3.8) is 0 Å². The number of carbonyl (C=O) groups is 2. The second kappa shape index (κ2) is 9.13. The van der Waals surface area contributed by atoms with Gasteiger partial charge in [-0.25, -0.2) is 9.18 Å². The molecular formula is C23H15Br2FN2O4. The van der Waals surface area contributed by atoms with Crippen LogP contribution in [0.25, 0.3) is 10.9 Å². The van der Waals surface area contributed by atoms with Gasteiger partial charge in [-0.2, -0.15) is 0 Å². The van der Waals surface area contributed by atoms with Crippen LogP contribution in [0.15, 0.2) is 69.7 Å². The van der Waals surface area contributed by atoms with Gasteiger partial charge in [0, 0.05) is 22.8 Å². The highest BCUT2D eigenvalue weighted by atomic mass is 79.9. The topological polar surface area (TPSA) is 91.4 Å².